The molecule has 1 aromatic rings. The summed E-state index contributed by atoms with van der Waals surface area (Å²) in [6, 6.07) is 1.89. The van der Waals surface area contributed by atoms with Gasteiger partial charge in [0.2, 0.25) is 0 Å². The molecule has 1 saturated heterocycles. The third-order valence-corrected chi connectivity index (χ3v) is 6.06. The molecular weight excluding hydrogens is 354 g/mol. The number of hydrogen-bond acceptors (Lipinski definition) is 2. The summed E-state index contributed by atoms with van der Waals surface area (Å²) in [6.45, 7) is 6.15. The number of likely N-dealkylation sites (tertiary alicyclic amines) is 1. The van der Waals surface area contributed by atoms with E-state index < -0.39 is 0 Å². The first-order valence-corrected chi connectivity index (χ1v) is 7.53. The van der Waals surface area contributed by atoms with E-state index in [4.69, 9.17) is 0 Å². The van der Waals surface area contributed by atoms with Gasteiger partial charge in [-0.25, -0.2) is 0 Å². The minimum Gasteiger partial charge on any atom is -0.337 e. The number of thiophene rings is 1. The van der Waals surface area contributed by atoms with E-state index >= 15 is 0 Å². The van der Waals surface area contributed by atoms with Crippen LogP contribution in [0.4, 0.5) is 0 Å². The highest BCUT2D eigenvalue weighted by Gasteiger charge is 2.33. The van der Waals surface area contributed by atoms with Crippen LogP contribution in [0.3, 0.4) is 0 Å². The maximum atomic E-state index is 12.2. The number of carbonyl (C=O) groups is 1. The molecule has 0 aromatic carbocycles. The Hall–Kier alpha value is 0.130. The van der Waals surface area contributed by atoms with Gasteiger partial charge in [0.25, 0.3) is 5.91 Å². The molecule has 0 bridgehead atoms. The van der Waals surface area contributed by atoms with Gasteiger partial charge in [-0.15, -0.1) is 11.3 Å². The Kier molecular flexibility index (Phi) is 3.48. The van der Waals surface area contributed by atoms with E-state index in [9.17, 15) is 4.79 Å². The van der Waals surface area contributed by atoms with Crippen molar-refractivity contribution in [1.29, 1.82) is 0 Å². The van der Waals surface area contributed by atoms with E-state index in [1.165, 1.54) is 11.3 Å². The fraction of sp³-hybridized carbons (Fsp3) is 0.545. The number of halogens is 2. The minimum absolute atomic E-state index is 0.155. The second kappa shape index (κ2) is 4.42. The van der Waals surface area contributed by atoms with Crippen molar-refractivity contribution >= 4 is 49.1 Å². The van der Waals surface area contributed by atoms with Crippen molar-refractivity contribution in [2.24, 2.45) is 5.41 Å². The molecule has 0 atom stereocenters. The molecule has 0 aliphatic carbocycles. The van der Waals surface area contributed by atoms with Gasteiger partial charge >= 0.3 is 0 Å². The van der Waals surface area contributed by atoms with Gasteiger partial charge in [0, 0.05) is 17.6 Å². The van der Waals surface area contributed by atoms with Gasteiger partial charge in [-0.2, -0.15) is 0 Å². The van der Waals surface area contributed by atoms with E-state index in [0.29, 0.717) is 0 Å². The summed E-state index contributed by atoms with van der Waals surface area (Å²) < 4.78 is 1.94. The number of nitrogens with zero attached hydrogens (tertiary/aromatic N) is 1. The zero-order chi connectivity index (χ0) is 11.9. The van der Waals surface area contributed by atoms with Crippen LogP contribution in [0, 0.1) is 5.41 Å². The predicted octanol–water partition coefficient (Wildman–Crippen LogP) is 4.15. The van der Waals surface area contributed by atoms with Gasteiger partial charge in [0.05, 0.1) is 8.66 Å². The number of rotatable bonds is 1. The number of amides is 1. The maximum absolute atomic E-state index is 12.2. The maximum Gasteiger partial charge on any atom is 0.264 e. The standard InChI is InChI=1S/C11H13Br2NOS/c1-11(2)3-4-14(6-11)10(15)8-5-7(12)9(13)16-8/h5H,3-4,6H2,1-2H3. The van der Waals surface area contributed by atoms with Crippen molar-refractivity contribution in [3.05, 3.63) is 19.2 Å². The fourth-order valence-electron chi connectivity index (χ4n) is 1.89. The van der Waals surface area contributed by atoms with Gasteiger partial charge in [-0.3, -0.25) is 4.79 Å². The lowest BCUT2D eigenvalue weighted by atomic mass is 9.93. The second-order valence-electron chi connectivity index (χ2n) is 4.87. The van der Waals surface area contributed by atoms with Crippen LogP contribution in [-0.4, -0.2) is 23.9 Å². The Labute approximate surface area is 116 Å². The Morgan fingerprint density at radius 1 is 1.50 bits per heavy atom. The van der Waals surface area contributed by atoms with Gasteiger partial charge in [0.1, 0.15) is 0 Å². The summed E-state index contributed by atoms with van der Waals surface area (Å²) in [5, 5.41) is 0. The molecule has 0 spiro atoms. The van der Waals surface area contributed by atoms with Gasteiger partial charge < -0.3 is 4.90 Å². The molecule has 0 radical (unpaired) electrons. The highest BCUT2D eigenvalue weighted by Crippen LogP contribution is 2.35. The Morgan fingerprint density at radius 2 is 2.19 bits per heavy atom. The molecule has 1 aliphatic heterocycles. The minimum atomic E-state index is 0.155. The van der Waals surface area contributed by atoms with Crippen LogP contribution in [0.1, 0.15) is 29.9 Å². The van der Waals surface area contributed by atoms with E-state index in [2.05, 4.69) is 45.7 Å². The molecule has 0 saturated carbocycles. The topological polar surface area (TPSA) is 20.3 Å². The summed E-state index contributed by atoms with van der Waals surface area (Å²) in [4.78, 5) is 14.9. The molecule has 2 rings (SSSR count). The van der Waals surface area contributed by atoms with E-state index in [0.717, 1.165) is 32.6 Å². The van der Waals surface area contributed by atoms with Crippen molar-refractivity contribution in [2.75, 3.05) is 13.1 Å². The molecular formula is C11H13Br2NOS. The molecule has 1 fully saturated rings. The lowest BCUT2D eigenvalue weighted by Gasteiger charge is -2.19. The van der Waals surface area contributed by atoms with Gasteiger partial charge in [0.15, 0.2) is 0 Å². The molecule has 0 N–H and O–H groups in total. The Balaban J connectivity index is 2.15. The first kappa shape index (κ1) is 12.6. The van der Waals surface area contributed by atoms with Crippen molar-refractivity contribution in [3.8, 4) is 0 Å². The van der Waals surface area contributed by atoms with Crippen molar-refractivity contribution in [3.63, 3.8) is 0 Å². The van der Waals surface area contributed by atoms with Crippen molar-refractivity contribution in [2.45, 2.75) is 20.3 Å². The molecule has 1 amide bonds. The first-order chi connectivity index (χ1) is 7.39. The average molecular weight is 367 g/mol. The normalized spacial score (nSPS) is 19.1. The number of hydrogen-bond donors (Lipinski definition) is 0. The van der Waals surface area contributed by atoms with Gasteiger partial charge in [-0.1, -0.05) is 13.8 Å². The molecule has 0 unspecified atom stereocenters. The zero-order valence-corrected chi connectivity index (χ0v) is 13.2. The largest absolute Gasteiger partial charge is 0.337 e. The molecule has 88 valence electrons. The van der Waals surface area contributed by atoms with Crippen molar-refractivity contribution in [1.82, 2.24) is 4.90 Å². The highest BCUT2D eigenvalue weighted by atomic mass is 79.9. The smallest absolute Gasteiger partial charge is 0.264 e. The van der Waals surface area contributed by atoms with Crippen LogP contribution < -0.4 is 0 Å². The van der Waals surface area contributed by atoms with Crippen LogP contribution in [0.15, 0.2) is 14.3 Å². The van der Waals surface area contributed by atoms with Crippen molar-refractivity contribution < 1.29 is 4.79 Å². The summed E-state index contributed by atoms with van der Waals surface area (Å²) in [7, 11) is 0. The second-order valence-corrected chi connectivity index (χ2v) is 8.10. The highest BCUT2D eigenvalue weighted by molar-refractivity contribution is 9.13. The molecule has 1 aliphatic rings. The Bertz CT molecular complexity index is 408. The van der Waals surface area contributed by atoms with Crippen LogP contribution in [-0.2, 0) is 0 Å². The summed E-state index contributed by atoms with van der Waals surface area (Å²) in [5.41, 5.74) is 0.265. The molecule has 5 heteroatoms. The molecule has 16 heavy (non-hydrogen) atoms. The zero-order valence-electron chi connectivity index (χ0n) is 9.22. The summed E-state index contributed by atoms with van der Waals surface area (Å²) >= 11 is 8.31. The third-order valence-electron chi connectivity index (χ3n) is 2.82. The SMILES string of the molecule is CC1(C)CCN(C(=O)c2cc(Br)c(Br)s2)C1. The summed E-state index contributed by atoms with van der Waals surface area (Å²) in [5.74, 6) is 0.155. The van der Waals surface area contributed by atoms with E-state index in [1.54, 1.807) is 0 Å². The molecule has 1 aromatic heterocycles. The predicted molar refractivity (Wildman–Crippen MR) is 74.0 cm³/mol. The third kappa shape index (κ3) is 2.51. The molecule has 2 heterocycles. The van der Waals surface area contributed by atoms with Crippen LogP contribution in [0.25, 0.3) is 0 Å². The monoisotopic (exact) mass is 365 g/mol. The summed E-state index contributed by atoms with van der Waals surface area (Å²) in [6.07, 6.45) is 1.09. The number of carbonyl (C=O) groups excluding carboxylic acids is 1. The van der Waals surface area contributed by atoms with Crippen LogP contribution in [0.2, 0.25) is 0 Å². The van der Waals surface area contributed by atoms with E-state index in [1.807, 2.05) is 11.0 Å². The quantitative estimate of drug-likeness (QED) is 0.731. The molecule has 2 nitrogen and oxygen atoms in total. The van der Waals surface area contributed by atoms with E-state index in [-0.39, 0.29) is 11.3 Å². The first-order valence-electron chi connectivity index (χ1n) is 5.13. The lowest BCUT2D eigenvalue weighted by Crippen LogP contribution is -2.29. The average Bonchev–Trinajstić information content (AvgIpc) is 2.70. The Morgan fingerprint density at radius 3 is 2.62 bits per heavy atom. The fourth-order valence-corrected chi connectivity index (χ4v) is 3.90. The van der Waals surface area contributed by atoms with Crippen LogP contribution in [0.5, 0.6) is 0 Å². The van der Waals surface area contributed by atoms with Crippen LogP contribution >= 0.6 is 43.2 Å². The lowest BCUT2D eigenvalue weighted by molar-refractivity contribution is 0.0783. The van der Waals surface area contributed by atoms with Gasteiger partial charge in [-0.05, 0) is 49.8 Å².